The van der Waals surface area contributed by atoms with Crippen LogP contribution in [0.1, 0.15) is 61.2 Å². The van der Waals surface area contributed by atoms with E-state index >= 15 is 0 Å². The highest BCUT2D eigenvalue weighted by Crippen LogP contribution is 2.43. The lowest BCUT2D eigenvalue weighted by Crippen LogP contribution is -2.40. The van der Waals surface area contributed by atoms with Gasteiger partial charge in [-0.25, -0.2) is 0 Å². The molecule has 1 saturated heterocycles. The molecule has 2 aromatic heterocycles. The molecule has 1 aliphatic carbocycles. The van der Waals surface area contributed by atoms with Gasteiger partial charge in [-0.2, -0.15) is 0 Å². The molecule has 3 aromatic rings. The predicted molar refractivity (Wildman–Crippen MR) is 128 cm³/mol. The quantitative estimate of drug-likeness (QED) is 0.452. The van der Waals surface area contributed by atoms with Crippen molar-refractivity contribution in [2.75, 3.05) is 0 Å². The normalized spacial score (nSPS) is 22.0. The van der Waals surface area contributed by atoms with Gasteiger partial charge >= 0.3 is 0 Å². The van der Waals surface area contributed by atoms with Crippen LogP contribution in [0.5, 0.6) is 0 Å². The van der Waals surface area contributed by atoms with Gasteiger partial charge in [0.1, 0.15) is 17.6 Å². The summed E-state index contributed by atoms with van der Waals surface area (Å²) in [5.74, 6) is 1.72. The second kappa shape index (κ2) is 8.64. The molecule has 1 N–H and O–H groups in total. The van der Waals surface area contributed by atoms with Crippen molar-refractivity contribution >= 4 is 28.9 Å². The number of hydrogen-bond acceptors (Lipinski definition) is 3. The number of aromatic nitrogens is 1. The van der Waals surface area contributed by atoms with Gasteiger partial charge in [-0.3, -0.25) is 4.98 Å². The predicted octanol–water partition coefficient (Wildman–Crippen LogP) is 6.61. The molecule has 2 aliphatic rings. The molecule has 2 fully saturated rings. The van der Waals surface area contributed by atoms with E-state index in [0.717, 1.165) is 51.3 Å². The zero-order valence-corrected chi connectivity index (χ0v) is 19.1. The second-order valence-corrected chi connectivity index (χ2v) is 9.29. The molecule has 0 amide bonds. The van der Waals surface area contributed by atoms with Gasteiger partial charge in [-0.15, -0.1) is 0 Å². The van der Waals surface area contributed by atoms with E-state index in [4.69, 9.17) is 28.2 Å². The van der Waals surface area contributed by atoms with E-state index in [1.165, 1.54) is 19.3 Å². The molecule has 160 valence electrons. The first-order valence-electron chi connectivity index (χ1n) is 11.0. The van der Waals surface area contributed by atoms with Crippen molar-refractivity contribution in [1.82, 2.24) is 15.2 Å². The minimum atomic E-state index is -0.0452. The molecule has 0 radical (unpaired) electrons. The van der Waals surface area contributed by atoms with Crippen LogP contribution >= 0.6 is 23.8 Å². The fourth-order valence-corrected chi connectivity index (χ4v) is 5.41. The fourth-order valence-electron chi connectivity index (χ4n) is 4.84. The third-order valence-electron chi connectivity index (χ3n) is 6.48. The number of pyridine rings is 1. The molecule has 1 aromatic carbocycles. The molecule has 1 saturated carbocycles. The summed E-state index contributed by atoms with van der Waals surface area (Å²) in [6.45, 7) is 2.00. The average molecular weight is 452 g/mol. The number of hydrogen-bond donors (Lipinski definition) is 1. The summed E-state index contributed by atoms with van der Waals surface area (Å²) in [7, 11) is 0. The van der Waals surface area contributed by atoms with Crippen LogP contribution in [-0.2, 0) is 0 Å². The zero-order chi connectivity index (χ0) is 21.4. The maximum Gasteiger partial charge on any atom is 0.170 e. The lowest BCUT2D eigenvalue weighted by molar-refractivity contribution is 0.179. The van der Waals surface area contributed by atoms with Crippen molar-refractivity contribution in [2.24, 2.45) is 0 Å². The zero-order valence-electron chi connectivity index (χ0n) is 17.6. The van der Waals surface area contributed by atoms with Crippen molar-refractivity contribution in [3.63, 3.8) is 0 Å². The summed E-state index contributed by atoms with van der Waals surface area (Å²) >= 11 is 12.2. The molecule has 31 heavy (non-hydrogen) atoms. The third-order valence-corrected chi connectivity index (χ3v) is 7.21. The highest BCUT2D eigenvalue weighted by Gasteiger charge is 2.44. The third kappa shape index (κ3) is 3.97. The Morgan fingerprint density at radius 1 is 1.10 bits per heavy atom. The standard InChI is InChI=1S/C25H26ClN3OS/c1-16-10-11-17(15-19(16)26)21-12-13-22(30-21)24-23(20-9-5-6-14-27-20)28-25(31)29(24)18-7-3-2-4-8-18/h5-6,9-15,18,23-24H,2-4,7-8H2,1H3,(H,28,31)/t23-,24-/m1/s1. The van der Waals surface area contributed by atoms with Gasteiger partial charge in [0.25, 0.3) is 0 Å². The Kier molecular flexibility index (Phi) is 5.72. The average Bonchev–Trinajstić information content (AvgIpc) is 3.41. The number of furan rings is 1. The maximum atomic E-state index is 6.44. The SMILES string of the molecule is Cc1ccc(-c2ccc([C@@H]3[C@@H](c4ccccn4)NC(=S)N3C3CCCCC3)o2)cc1Cl. The Balaban J connectivity index is 1.54. The molecule has 0 bridgehead atoms. The highest BCUT2D eigenvalue weighted by atomic mass is 35.5. The Labute approximate surface area is 193 Å². The summed E-state index contributed by atoms with van der Waals surface area (Å²) in [5, 5.41) is 5.09. The van der Waals surface area contributed by atoms with Crippen molar-refractivity contribution in [1.29, 1.82) is 0 Å². The molecular formula is C25H26ClN3OS. The minimum Gasteiger partial charge on any atom is -0.459 e. The number of rotatable bonds is 4. The largest absolute Gasteiger partial charge is 0.459 e. The first-order valence-corrected chi connectivity index (χ1v) is 11.8. The van der Waals surface area contributed by atoms with Crippen LogP contribution in [-0.4, -0.2) is 21.0 Å². The van der Waals surface area contributed by atoms with Gasteiger partial charge in [0.2, 0.25) is 0 Å². The molecule has 2 atom stereocenters. The van der Waals surface area contributed by atoms with Crippen molar-refractivity contribution < 1.29 is 4.42 Å². The van der Waals surface area contributed by atoms with Gasteiger partial charge in [-0.05, 0) is 67.9 Å². The maximum absolute atomic E-state index is 6.44. The molecule has 4 nitrogen and oxygen atoms in total. The van der Waals surface area contributed by atoms with Crippen molar-refractivity contribution in [3.8, 4) is 11.3 Å². The van der Waals surface area contributed by atoms with Gasteiger partial charge < -0.3 is 14.6 Å². The number of thiocarbonyl (C=S) groups is 1. The van der Waals surface area contributed by atoms with Crippen LogP contribution in [0.2, 0.25) is 5.02 Å². The molecular weight excluding hydrogens is 426 g/mol. The number of benzene rings is 1. The Morgan fingerprint density at radius 2 is 1.94 bits per heavy atom. The molecule has 5 rings (SSSR count). The van der Waals surface area contributed by atoms with Crippen LogP contribution in [0.3, 0.4) is 0 Å². The smallest absolute Gasteiger partial charge is 0.170 e. The monoisotopic (exact) mass is 451 g/mol. The first kappa shape index (κ1) is 20.5. The minimum absolute atomic E-state index is 0.0276. The molecule has 0 spiro atoms. The lowest BCUT2D eigenvalue weighted by Gasteiger charge is -2.36. The van der Waals surface area contributed by atoms with Crippen molar-refractivity contribution in [3.05, 3.63) is 76.8 Å². The van der Waals surface area contributed by atoms with Crippen LogP contribution in [0, 0.1) is 6.92 Å². The van der Waals surface area contributed by atoms with E-state index in [-0.39, 0.29) is 12.1 Å². The van der Waals surface area contributed by atoms with Crippen LogP contribution < -0.4 is 5.32 Å². The summed E-state index contributed by atoms with van der Waals surface area (Å²) in [6, 6.07) is 16.5. The van der Waals surface area contributed by atoms with Gasteiger partial charge in [0.05, 0.1) is 11.7 Å². The van der Waals surface area contributed by atoms with Gasteiger partial charge in [-0.1, -0.05) is 49.1 Å². The number of nitrogens with one attached hydrogen (secondary N) is 1. The van der Waals surface area contributed by atoms with E-state index in [1.54, 1.807) is 0 Å². The van der Waals surface area contributed by atoms with E-state index in [1.807, 2.05) is 43.5 Å². The van der Waals surface area contributed by atoms with Crippen LogP contribution in [0.15, 0.2) is 59.1 Å². The Hall–Kier alpha value is -2.37. The van der Waals surface area contributed by atoms with E-state index in [9.17, 15) is 0 Å². The summed E-state index contributed by atoms with van der Waals surface area (Å²) < 4.78 is 6.44. The Bertz CT molecular complexity index is 1080. The van der Waals surface area contributed by atoms with Gasteiger partial charge in [0.15, 0.2) is 5.11 Å². The number of aryl methyl sites for hydroxylation is 1. The number of nitrogens with zero attached hydrogens (tertiary/aromatic N) is 2. The molecule has 1 aliphatic heterocycles. The van der Waals surface area contributed by atoms with Gasteiger partial charge in [0, 0.05) is 22.8 Å². The lowest BCUT2D eigenvalue weighted by atomic mass is 9.92. The molecule has 6 heteroatoms. The number of halogens is 1. The van der Waals surface area contributed by atoms with E-state index in [2.05, 4.69) is 33.4 Å². The highest BCUT2D eigenvalue weighted by molar-refractivity contribution is 7.80. The van der Waals surface area contributed by atoms with Crippen molar-refractivity contribution in [2.45, 2.75) is 57.2 Å². The molecule has 3 heterocycles. The van der Waals surface area contributed by atoms with E-state index < -0.39 is 0 Å². The Morgan fingerprint density at radius 3 is 2.68 bits per heavy atom. The van der Waals surface area contributed by atoms with Crippen LogP contribution in [0.25, 0.3) is 11.3 Å². The fraction of sp³-hybridized carbons (Fsp3) is 0.360. The molecule has 0 unspecified atom stereocenters. The summed E-state index contributed by atoms with van der Waals surface area (Å²) in [4.78, 5) is 7.00. The summed E-state index contributed by atoms with van der Waals surface area (Å²) in [6.07, 6.45) is 7.95. The first-order chi connectivity index (χ1) is 15.1. The van der Waals surface area contributed by atoms with Crippen LogP contribution in [0.4, 0.5) is 0 Å². The van der Waals surface area contributed by atoms with E-state index in [0.29, 0.717) is 6.04 Å². The summed E-state index contributed by atoms with van der Waals surface area (Å²) in [5.41, 5.74) is 3.01. The topological polar surface area (TPSA) is 41.3 Å². The second-order valence-electron chi connectivity index (χ2n) is 8.49.